The number of ether oxygens (including phenoxy) is 1. The highest BCUT2D eigenvalue weighted by molar-refractivity contribution is 6.30. The Morgan fingerprint density at radius 1 is 1.16 bits per heavy atom. The number of halogens is 1. The third kappa shape index (κ3) is 2.41. The molecule has 3 rings (SSSR count). The molecule has 0 bridgehead atoms. The molecular formula is C13H8ClN3O2. The van der Waals surface area contributed by atoms with Crippen LogP contribution in [0, 0.1) is 0 Å². The molecule has 94 valence electrons. The van der Waals surface area contributed by atoms with Gasteiger partial charge in [-0.15, -0.1) is 0 Å². The Bertz CT molecular complexity index is 749. The monoisotopic (exact) mass is 273 g/mol. The number of pyridine rings is 1. The highest BCUT2D eigenvalue weighted by Crippen LogP contribution is 2.26. The lowest BCUT2D eigenvalue weighted by atomic mass is 10.3. The third-order valence-corrected chi connectivity index (χ3v) is 2.70. The zero-order valence-electron chi connectivity index (χ0n) is 9.62. The van der Waals surface area contributed by atoms with Gasteiger partial charge in [0.05, 0.1) is 17.1 Å². The van der Waals surface area contributed by atoms with Gasteiger partial charge in [0.15, 0.2) is 0 Å². The number of rotatable bonds is 2. The lowest BCUT2D eigenvalue weighted by Gasteiger charge is -2.05. The van der Waals surface area contributed by atoms with E-state index in [1.54, 1.807) is 36.5 Å². The molecule has 0 spiro atoms. The van der Waals surface area contributed by atoms with Crippen LogP contribution < -0.4 is 4.74 Å². The fourth-order valence-electron chi connectivity index (χ4n) is 1.62. The maximum atomic E-state index is 9.80. The molecule has 1 aromatic carbocycles. The van der Waals surface area contributed by atoms with E-state index in [9.17, 15) is 5.11 Å². The van der Waals surface area contributed by atoms with Crippen molar-refractivity contribution in [3.63, 3.8) is 0 Å². The van der Waals surface area contributed by atoms with Crippen LogP contribution in [-0.2, 0) is 0 Å². The van der Waals surface area contributed by atoms with Gasteiger partial charge in [0.2, 0.25) is 5.88 Å². The van der Waals surface area contributed by atoms with Gasteiger partial charge in [0.1, 0.15) is 5.75 Å². The lowest BCUT2D eigenvalue weighted by molar-refractivity contribution is 0.412. The van der Waals surface area contributed by atoms with E-state index in [-0.39, 0.29) is 11.9 Å². The first-order chi connectivity index (χ1) is 9.22. The average Bonchev–Trinajstić information content (AvgIpc) is 2.39. The second kappa shape index (κ2) is 4.70. The van der Waals surface area contributed by atoms with Crippen molar-refractivity contribution in [1.82, 2.24) is 15.0 Å². The summed E-state index contributed by atoms with van der Waals surface area (Å²) in [5.74, 6) is 0.347. The van der Waals surface area contributed by atoms with Crippen LogP contribution in [-0.4, -0.2) is 20.1 Å². The Morgan fingerprint density at radius 3 is 2.89 bits per heavy atom. The summed E-state index contributed by atoms with van der Waals surface area (Å²) in [6.45, 7) is 0. The predicted molar refractivity (Wildman–Crippen MR) is 70.5 cm³/mol. The summed E-state index contributed by atoms with van der Waals surface area (Å²) in [6.07, 6.45) is 3.09. The molecule has 5 nitrogen and oxygen atoms in total. The molecular weight excluding hydrogens is 266 g/mol. The second-order valence-electron chi connectivity index (χ2n) is 3.78. The van der Waals surface area contributed by atoms with Crippen LogP contribution >= 0.6 is 11.6 Å². The fraction of sp³-hybridized carbons (Fsp3) is 0. The number of aromatic hydroxyl groups is 1. The summed E-state index contributed by atoms with van der Waals surface area (Å²) < 4.78 is 5.45. The summed E-state index contributed by atoms with van der Waals surface area (Å²) in [4.78, 5) is 12.0. The quantitative estimate of drug-likeness (QED) is 0.777. The molecule has 0 fully saturated rings. The Labute approximate surface area is 113 Å². The Morgan fingerprint density at radius 2 is 2.05 bits per heavy atom. The normalized spacial score (nSPS) is 10.6. The maximum absolute atomic E-state index is 9.80. The molecule has 2 aromatic heterocycles. The number of benzene rings is 1. The van der Waals surface area contributed by atoms with Crippen molar-refractivity contribution in [1.29, 1.82) is 0 Å². The fourth-order valence-corrected chi connectivity index (χ4v) is 1.80. The minimum absolute atomic E-state index is 0.0419. The number of hydrogen-bond acceptors (Lipinski definition) is 5. The number of fused-ring (bicyclic) bond motifs is 1. The highest BCUT2D eigenvalue weighted by atomic mass is 35.5. The molecule has 0 radical (unpaired) electrons. The summed E-state index contributed by atoms with van der Waals surface area (Å²) >= 11 is 5.86. The molecule has 0 aliphatic heterocycles. The van der Waals surface area contributed by atoms with Crippen molar-refractivity contribution >= 4 is 22.5 Å². The van der Waals surface area contributed by atoms with Crippen LogP contribution in [0.5, 0.6) is 17.6 Å². The molecule has 3 aromatic rings. The van der Waals surface area contributed by atoms with E-state index < -0.39 is 0 Å². The van der Waals surface area contributed by atoms with Gasteiger partial charge in [-0.05, 0) is 24.3 Å². The minimum Gasteiger partial charge on any atom is -0.493 e. The van der Waals surface area contributed by atoms with E-state index in [0.29, 0.717) is 21.7 Å². The molecule has 0 saturated carbocycles. The van der Waals surface area contributed by atoms with Gasteiger partial charge in [0, 0.05) is 11.2 Å². The van der Waals surface area contributed by atoms with Gasteiger partial charge in [-0.1, -0.05) is 17.7 Å². The topological polar surface area (TPSA) is 68.1 Å². The molecule has 0 unspecified atom stereocenters. The summed E-state index contributed by atoms with van der Waals surface area (Å²) in [6, 6.07) is 8.51. The molecule has 0 aliphatic carbocycles. The van der Waals surface area contributed by atoms with Gasteiger partial charge in [-0.3, -0.25) is 4.98 Å². The summed E-state index contributed by atoms with van der Waals surface area (Å²) in [5.41, 5.74) is 0.507. The largest absolute Gasteiger partial charge is 0.493 e. The van der Waals surface area contributed by atoms with Crippen molar-refractivity contribution in [2.75, 3.05) is 0 Å². The number of aromatic nitrogens is 3. The van der Waals surface area contributed by atoms with Crippen molar-refractivity contribution in [3.05, 3.63) is 47.7 Å². The first-order valence-electron chi connectivity index (χ1n) is 5.46. The van der Waals surface area contributed by atoms with E-state index in [1.165, 1.54) is 6.20 Å². The Hall–Kier alpha value is -2.40. The van der Waals surface area contributed by atoms with Crippen molar-refractivity contribution < 1.29 is 9.84 Å². The Balaban J connectivity index is 2.02. The van der Waals surface area contributed by atoms with Crippen LogP contribution in [0.1, 0.15) is 0 Å². The van der Waals surface area contributed by atoms with Crippen molar-refractivity contribution in [3.8, 4) is 17.6 Å². The molecule has 6 heteroatoms. The number of hydrogen-bond donors (Lipinski definition) is 1. The SMILES string of the molecule is Oc1nc(Oc2cccc(Cl)c2)nc2cnccc12. The molecule has 0 amide bonds. The van der Waals surface area contributed by atoms with E-state index >= 15 is 0 Å². The average molecular weight is 274 g/mol. The zero-order chi connectivity index (χ0) is 13.2. The molecule has 0 atom stereocenters. The maximum Gasteiger partial charge on any atom is 0.325 e. The van der Waals surface area contributed by atoms with E-state index in [1.807, 2.05) is 0 Å². The van der Waals surface area contributed by atoms with Gasteiger partial charge in [-0.25, -0.2) is 0 Å². The zero-order valence-corrected chi connectivity index (χ0v) is 10.4. The van der Waals surface area contributed by atoms with Gasteiger partial charge in [-0.2, -0.15) is 9.97 Å². The molecule has 2 heterocycles. The smallest absolute Gasteiger partial charge is 0.325 e. The van der Waals surface area contributed by atoms with E-state index in [0.717, 1.165) is 0 Å². The predicted octanol–water partition coefficient (Wildman–Crippen LogP) is 3.18. The van der Waals surface area contributed by atoms with E-state index in [4.69, 9.17) is 16.3 Å². The van der Waals surface area contributed by atoms with Crippen LogP contribution in [0.15, 0.2) is 42.7 Å². The van der Waals surface area contributed by atoms with Crippen LogP contribution in [0.3, 0.4) is 0 Å². The Kier molecular flexibility index (Phi) is 2.89. The second-order valence-corrected chi connectivity index (χ2v) is 4.22. The molecule has 19 heavy (non-hydrogen) atoms. The van der Waals surface area contributed by atoms with Crippen molar-refractivity contribution in [2.45, 2.75) is 0 Å². The summed E-state index contributed by atoms with van der Waals surface area (Å²) in [7, 11) is 0. The molecule has 1 N–H and O–H groups in total. The first-order valence-corrected chi connectivity index (χ1v) is 5.84. The van der Waals surface area contributed by atoms with Gasteiger partial charge in [0.25, 0.3) is 0 Å². The highest BCUT2D eigenvalue weighted by Gasteiger charge is 2.08. The molecule has 0 saturated heterocycles. The van der Waals surface area contributed by atoms with Crippen LogP contribution in [0.4, 0.5) is 0 Å². The first kappa shape index (κ1) is 11.7. The van der Waals surface area contributed by atoms with Gasteiger partial charge < -0.3 is 9.84 Å². The molecule has 0 aliphatic rings. The lowest BCUT2D eigenvalue weighted by Crippen LogP contribution is -1.93. The third-order valence-electron chi connectivity index (χ3n) is 2.46. The van der Waals surface area contributed by atoms with E-state index in [2.05, 4.69) is 15.0 Å². The minimum atomic E-state index is -0.149. The van der Waals surface area contributed by atoms with Crippen molar-refractivity contribution in [2.24, 2.45) is 0 Å². The number of nitrogens with zero attached hydrogens (tertiary/aromatic N) is 3. The standard InChI is InChI=1S/C13H8ClN3O2/c14-8-2-1-3-9(6-8)19-13-16-11-7-15-5-4-10(11)12(18)17-13/h1-7H,(H,16,17,18). The van der Waals surface area contributed by atoms with Crippen LogP contribution in [0.25, 0.3) is 10.9 Å². The van der Waals surface area contributed by atoms with Crippen LogP contribution in [0.2, 0.25) is 5.02 Å². The summed E-state index contributed by atoms with van der Waals surface area (Å²) in [5, 5.41) is 10.9. The van der Waals surface area contributed by atoms with Gasteiger partial charge >= 0.3 is 6.01 Å².